The van der Waals surface area contributed by atoms with Crippen molar-refractivity contribution in [2.24, 2.45) is 0 Å². The van der Waals surface area contributed by atoms with Crippen LogP contribution < -0.4 is 10.1 Å². The van der Waals surface area contributed by atoms with Gasteiger partial charge in [0.2, 0.25) is 0 Å². The van der Waals surface area contributed by atoms with Gasteiger partial charge >= 0.3 is 0 Å². The summed E-state index contributed by atoms with van der Waals surface area (Å²) in [6.07, 6.45) is 1.77. The molecule has 3 nitrogen and oxygen atoms in total. The van der Waals surface area contributed by atoms with Gasteiger partial charge in [0, 0.05) is 16.8 Å². The van der Waals surface area contributed by atoms with E-state index in [0.29, 0.717) is 6.61 Å². The molecule has 0 radical (unpaired) electrons. The Bertz CT molecular complexity index is 647. The predicted octanol–water partition coefficient (Wildman–Crippen LogP) is 5.24. The molecule has 1 aliphatic heterocycles. The highest BCUT2D eigenvalue weighted by Crippen LogP contribution is 2.45. The lowest BCUT2D eigenvalue weighted by atomic mass is 9.85. The number of ether oxygens (including phenoxy) is 2. The second-order valence-corrected chi connectivity index (χ2v) is 5.89. The number of para-hydroxylation sites is 1. The van der Waals surface area contributed by atoms with Gasteiger partial charge in [-0.05, 0) is 38.0 Å². The minimum atomic E-state index is -0.231. The Kier molecular flexibility index (Phi) is 4.58. The molecule has 3 heteroatoms. The minimum absolute atomic E-state index is 0.138. The Morgan fingerprint density at radius 3 is 2.35 bits per heavy atom. The zero-order valence-corrected chi connectivity index (χ0v) is 14.1. The van der Waals surface area contributed by atoms with Crippen molar-refractivity contribution < 1.29 is 9.47 Å². The molecule has 0 spiro atoms. The summed E-state index contributed by atoms with van der Waals surface area (Å²) in [4.78, 5) is 0. The minimum Gasteiger partial charge on any atom is -0.494 e. The molecule has 3 rings (SSSR count). The summed E-state index contributed by atoms with van der Waals surface area (Å²) < 4.78 is 12.1. The highest BCUT2D eigenvalue weighted by Gasteiger charge is 2.38. The fourth-order valence-corrected chi connectivity index (χ4v) is 3.32. The van der Waals surface area contributed by atoms with E-state index in [1.807, 2.05) is 19.1 Å². The average Bonchev–Trinajstić information content (AvgIpc) is 2.61. The van der Waals surface area contributed by atoms with Gasteiger partial charge in [0.1, 0.15) is 5.75 Å². The first-order chi connectivity index (χ1) is 11.2. The van der Waals surface area contributed by atoms with E-state index in [2.05, 4.69) is 55.6 Å². The zero-order valence-electron chi connectivity index (χ0n) is 14.1. The van der Waals surface area contributed by atoms with Crippen molar-refractivity contribution in [3.63, 3.8) is 0 Å². The van der Waals surface area contributed by atoms with E-state index in [1.165, 1.54) is 11.3 Å². The summed E-state index contributed by atoms with van der Waals surface area (Å²) in [6, 6.07) is 16.6. The fourth-order valence-electron chi connectivity index (χ4n) is 3.32. The standard InChI is InChI=1S/C20H25NO2/c1-4-20(5-2)17-9-7-8-10-18(17)21-19(23-20)15-11-13-16(14-12-15)22-6-3/h7-14,19,21H,4-6H2,1-3H3/t19-/m0/s1. The van der Waals surface area contributed by atoms with Crippen LogP contribution in [0.4, 0.5) is 5.69 Å². The molecule has 0 saturated carbocycles. The van der Waals surface area contributed by atoms with E-state index >= 15 is 0 Å². The summed E-state index contributed by atoms with van der Waals surface area (Å²) in [5.74, 6) is 0.893. The van der Waals surface area contributed by atoms with Gasteiger partial charge in [0.05, 0.1) is 12.2 Å². The molecule has 0 aliphatic carbocycles. The van der Waals surface area contributed by atoms with Crippen molar-refractivity contribution in [3.05, 3.63) is 59.7 Å². The highest BCUT2D eigenvalue weighted by molar-refractivity contribution is 5.57. The van der Waals surface area contributed by atoms with Crippen LogP contribution >= 0.6 is 0 Å². The normalized spacial score (nSPS) is 18.8. The van der Waals surface area contributed by atoms with E-state index in [1.54, 1.807) is 0 Å². The van der Waals surface area contributed by atoms with E-state index in [0.717, 1.165) is 24.2 Å². The molecular weight excluding hydrogens is 286 g/mol. The summed E-state index contributed by atoms with van der Waals surface area (Å²) in [5, 5.41) is 3.53. The van der Waals surface area contributed by atoms with Crippen LogP contribution in [-0.2, 0) is 10.3 Å². The number of anilines is 1. The molecule has 2 aromatic rings. The number of hydrogen-bond donors (Lipinski definition) is 1. The maximum atomic E-state index is 6.53. The van der Waals surface area contributed by atoms with Crippen LogP contribution in [0, 0.1) is 0 Å². The monoisotopic (exact) mass is 311 g/mol. The molecule has 1 aliphatic rings. The molecule has 0 unspecified atom stereocenters. The smallest absolute Gasteiger partial charge is 0.155 e. The van der Waals surface area contributed by atoms with Gasteiger partial charge in [0.25, 0.3) is 0 Å². The molecule has 0 fully saturated rings. The van der Waals surface area contributed by atoms with Crippen molar-refractivity contribution in [1.82, 2.24) is 0 Å². The first-order valence-electron chi connectivity index (χ1n) is 8.49. The summed E-state index contributed by atoms with van der Waals surface area (Å²) in [5.41, 5.74) is 3.31. The van der Waals surface area contributed by atoms with Crippen LogP contribution in [0.25, 0.3) is 0 Å². The summed E-state index contributed by atoms with van der Waals surface area (Å²) in [6.45, 7) is 7.06. The molecule has 1 atom stereocenters. The van der Waals surface area contributed by atoms with Crippen LogP contribution in [0.2, 0.25) is 0 Å². The lowest BCUT2D eigenvalue weighted by Gasteiger charge is -2.43. The van der Waals surface area contributed by atoms with Crippen molar-refractivity contribution >= 4 is 5.69 Å². The van der Waals surface area contributed by atoms with Gasteiger partial charge < -0.3 is 14.8 Å². The van der Waals surface area contributed by atoms with Gasteiger partial charge in [-0.3, -0.25) is 0 Å². The third-order valence-electron chi connectivity index (χ3n) is 4.68. The third kappa shape index (κ3) is 2.93. The maximum absolute atomic E-state index is 6.53. The first kappa shape index (κ1) is 15.9. The number of rotatable bonds is 5. The molecule has 23 heavy (non-hydrogen) atoms. The Morgan fingerprint density at radius 1 is 1.00 bits per heavy atom. The molecule has 1 heterocycles. The Hall–Kier alpha value is -2.00. The van der Waals surface area contributed by atoms with Gasteiger partial charge in [-0.1, -0.05) is 44.2 Å². The lowest BCUT2D eigenvalue weighted by Crippen LogP contribution is -2.37. The molecule has 0 bridgehead atoms. The summed E-state index contributed by atoms with van der Waals surface area (Å²) in [7, 11) is 0. The van der Waals surface area contributed by atoms with Crippen molar-refractivity contribution in [3.8, 4) is 5.75 Å². The zero-order chi connectivity index (χ0) is 16.3. The summed E-state index contributed by atoms with van der Waals surface area (Å²) >= 11 is 0. The fraction of sp³-hybridized carbons (Fsp3) is 0.400. The highest BCUT2D eigenvalue weighted by atomic mass is 16.5. The van der Waals surface area contributed by atoms with Crippen LogP contribution in [-0.4, -0.2) is 6.61 Å². The van der Waals surface area contributed by atoms with Crippen molar-refractivity contribution in [2.75, 3.05) is 11.9 Å². The average molecular weight is 311 g/mol. The number of fused-ring (bicyclic) bond motifs is 1. The molecule has 2 aromatic carbocycles. The van der Waals surface area contributed by atoms with Gasteiger partial charge in [-0.2, -0.15) is 0 Å². The molecule has 1 N–H and O–H groups in total. The van der Waals surface area contributed by atoms with Gasteiger partial charge in [0.15, 0.2) is 6.23 Å². The Balaban J connectivity index is 1.93. The van der Waals surface area contributed by atoms with Crippen LogP contribution in [0.3, 0.4) is 0 Å². The maximum Gasteiger partial charge on any atom is 0.155 e. The van der Waals surface area contributed by atoms with E-state index in [-0.39, 0.29) is 11.8 Å². The van der Waals surface area contributed by atoms with Gasteiger partial charge in [-0.15, -0.1) is 0 Å². The Labute approximate surface area is 138 Å². The Morgan fingerprint density at radius 2 is 1.70 bits per heavy atom. The van der Waals surface area contributed by atoms with Crippen LogP contribution in [0.15, 0.2) is 48.5 Å². The van der Waals surface area contributed by atoms with Gasteiger partial charge in [-0.25, -0.2) is 0 Å². The van der Waals surface area contributed by atoms with Crippen LogP contribution in [0.1, 0.15) is 51.0 Å². The first-order valence-corrected chi connectivity index (χ1v) is 8.49. The second kappa shape index (κ2) is 6.63. The van der Waals surface area contributed by atoms with Crippen LogP contribution in [0.5, 0.6) is 5.75 Å². The quantitative estimate of drug-likeness (QED) is 0.819. The number of benzene rings is 2. The lowest BCUT2D eigenvalue weighted by molar-refractivity contribution is -0.103. The molecule has 0 amide bonds. The van der Waals surface area contributed by atoms with E-state index < -0.39 is 0 Å². The van der Waals surface area contributed by atoms with E-state index in [4.69, 9.17) is 9.47 Å². The predicted molar refractivity (Wildman–Crippen MR) is 93.8 cm³/mol. The molecule has 0 saturated heterocycles. The number of nitrogens with one attached hydrogen (secondary N) is 1. The van der Waals surface area contributed by atoms with E-state index in [9.17, 15) is 0 Å². The SMILES string of the molecule is CCOc1ccc([C@H]2Nc3ccccc3C(CC)(CC)O2)cc1. The molecule has 122 valence electrons. The van der Waals surface area contributed by atoms with Crippen molar-refractivity contribution in [2.45, 2.75) is 45.4 Å². The number of hydrogen-bond acceptors (Lipinski definition) is 3. The van der Waals surface area contributed by atoms with Crippen molar-refractivity contribution in [1.29, 1.82) is 0 Å². The molecular formula is C20H25NO2. The second-order valence-electron chi connectivity index (χ2n) is 5.89. The largest absolute Gasteiger partial charge is 0.494 e. The topological polar surface area (TPSA) is 30.5 Å². The molecule has 0 aromatic heterocycles. The third-order valence-corrected chi connectivity index (χ3v) is 4.68.